The number of ketones is 1. The number of likely N-dealkylation sites (tertiary alicyclic amines) is 1. The maximum absolute atomic E-state index is 12.5. The predicted octanol–water partition coefficient (Wildman–Crippen LogP) is 2.51. The number of rotatable bonds is 5. The van der Waals surface area contributed by atoms with Crippen LogP contribution in [0.1, 0.15) is 52.8 Å². The van der Waals surface area contributed by atoms with Crippen LogP contribution in [0.25, 0.3) is 0 Å². The summed E-state index contributed by atoms with van der Waals surface area (Å²) in [6.45, 7) is 2.73. The van der Waals surface area contributed by atoms with Crippen molar-refractivity contribution in [1.82, 2.24) is 19.7 Å². The van der Waals surface area contributed by atoms with E-state index in [9.17, 15) is 9.59 Å². The van der Waals surface area contributed by atoms with Gasteiger partial charge in [0.05, 0.1) is 28.5 Å². The van der Waals surface area contributed by atoms with Crippen molar-refractivity contribution in [3.05, 3.63) is 34.0 Å². The standard InChI is InChI=1S/C16H20N4O2S/c1-11-18-13(10-23-11)14-4-3-7-20(14)16(22)6-5-15(21)12-8-17-19(2)9-12/h8-10,14H,3-7H2,1-2H3. The van der Waals surface area contributed by atoms with Crippen LogP contribution in [0.3, 0.4) is 0 Å². The Morgan fingerprint density at radius 3 is 2.87 bits per heavy atom. The van der Waals surface area contributed by atoms with E-state index in [-0.39, 0.29) is 30.6 Å². The number of carbonyl (C=O) groups excluding carboxylic acids is 2. The number of aromatic nitrogens is 3. The summed E-state index contributed by atoms with van der Waals surface area (Å²) in [4.78, 5) is 31.0. The van der Waals surface area contributed by atoms with Crippen molar-refractivity contribution in [2.24, 2.45) is 7.05 Å². The van der Waals surface area contributed by atoms with Gasteiger partial charge in [0.15, 0.2) is 5.78 Å². The molecular formula is C16H20N4O2S. The topological polar surface area (TPSA) is 68.1 Å². The summed E-state index contributed by atoms with van der Waals surface area (Å²) in [6.07, 6.45) is 5.64. The molecule has 0 saturated carbocycles. The van der Waals surface area contributed by atoms with E-state index in [1.807, 2.05) is 17.2 Å². The van der Waals surface area contributed by atoms with Crippen molar-refractivity contribution in [2.45, 2.75) is 38.6 Å². The highest BCUT2D eigenvalue weighted by Gasteiger charge is 2.31. The number of thiazole rings is 1. The summed E-state index contributed by atoms with van der Waals surface area (Å²) < 4.78 is 1.59. The molecule has 0 aromatic carbocycles. The number of aryl methyl sites for hydroxylation is 2. The average molecular weight is 332 g/mol. The van der Waals surface area contributed by atoms with Crippen LogP contribution in [0, 0.1) is 6.92 Å². The molecule has 1 amide bonds. The van der Waals surface area contributed by atoms with Gasteiger partial charge in [-0.2, -0.15) is 5.10 Å². The third kappa shape index (κ3) is 3.50. The lowest BCUT2D eigenvalue weighted by Crippen LogP contribution is -2.31. The number of hydrogen-bond acceptors (Lipinski definition) is 5. The fourth-order valence-electron chi connectivity index (χ4n) is 2.98. The zero-order valence-corrected chi connectivity index (χ0v) is 14.2. The number of nitrogens with zero attached hydrogens (tertiary/aromatic N) is 4. The molecule has 0 N–H and O–H groups in total. The molecule has 0 bridgehead atoms. The Morgan fingerprint density at radius 2 is 2.22 bits per heavy atom. The van der Waals surface area contributed by atoms with Gasteiger partial charge in [0.2, 0.25) is 5.91 Å². The van der Waals surface area contributed by atoms with Gasteiger partial charge in [-0.15, -0.1) is 11.3 Å². The Bertz CT molecular complexity index is 721. The highest BCUT2D eigenvalue weighted by Crippen LogP contribution is 2.33. The van der Waals surface area contributed by atoms with Gasteiger partial charge in [-0.25, -0.2) is 4.98 Å². The lowest BCUT2D eigenvalue weighted by molar-refractivity contribution is -0.132. The molecule has 1 saturated heterocycles. The normalized spacial score (nSPS) is 17.7. The van der Waals surface area contributed by atoms with Gasteiger partial charge in [-0.05, 0) is 19.8 Å². The Balaban J connectivity index is 1.60. The molecule has 0 radical (unpaired) electrons. The third-order valence-corrected chi connectivity index (χ3v) is 4.94. The highest BCUT2D eigenvalue weighted by molar-refractivity contribution is 7.09. The minimum Gasteiger partial charge on any atom is -0.334 e. The largest absolute Gasteiger partial charge is 0.334 e. The smallest absolute Gasteiger partial charge is 0.223 e. The Kier molecular flexibility index (Phi) is 4.56. The molecule has 1 atom stereocenters. The first kappa shape index (κ1) is 15.9. The van der Waals surface area contributed by atoms with E-state index >= 15 is 0 Å². The number of amides is 1. The van der Waals surface area contributed by atoms with Crippen LogP contribution < -0.4 is 0 Å². The van der Waals surface area contributed by atoms with Gasteiger partial charge in [0.25, 0.3) is 0 Å². The lowest BCUT2D eigenvalue weighted by atomic mass is 10.1. The summed E-state index contributed by atoms with van der Waals surface area (Å²) in [5, 5.41) is 7.04. The highest BCUT2D eigenvalue weighted by atomic mass is 32.1. The van der Waals surface area contributed by atoms with E-state index in [0.29, 0.717) is 5.56 Å². The van der Waals surface area contributed by atoms with Crippen LogP contribution in [-0.2, 0) is 11.8 Å². The van der Waals surface area contributed by atoms with Crippen LogP contribution in [0.4, 0.5) is 0 Å². The monoisotopic (exact) mass is 332 g/mol. The summed E-state index contributed by atoms with van der Waals surface area (Å²) in [5.74, 6) is 0.00194. The van der Waals surface area contributed by atoms with E-state index in [1.165, 1.54) is 0 Å². The van der Waals surface area contributed by atoms with Gasteiger partial charge in [0.1, 0.15) is 0 Å². The van der Waals surface area contributed by atoms with Crippen LogP contribution in [0.2, 0.25) is 0 Å². The second kappa shape index (κ2) is 6.62. The van der Waals surface area contributed by atoms with Gasteiger partial charge in [-0.1, -0.05) is 0 Å². The van der Waals surface area contributed by atoms with E-state index in [0.717, 1.165) is 30.1 Å². The quantitative estimate of drug-likeness (QED) is 0.789. The maximum Gasteiger partial charge on any atom is 0.223 e. The Hall–Kier alpha value is -2.02. The maximum atomic E-state index is 12.5. The first-order chi connectivity index (χ1) is 11.0. The number of carbonyl (C=O) groups is 2. The van der Waals surface area contributed by atoms with Crippen molar-refractivity contribution in [3.8, 4) is 0 Å². The minimum absolute atomic E-state index is 0.0355. The van der Waals surface area contributed by atoms with Gasteiger partial charge in [0, 0.05) is 38.0 Å². The second-order valence-electron chi connectivity index (χ2n) is 5.86. The molecular weight excluding hydrogens is 312 g/mol. The zero-order chi connectivity index (χ0) is 16.4. The molecule has 3 heterocycles. The second-order valence-corrected chi connectivity index (χ2v) is 6.92. The van der Waals surface area contributed by atoms with Gasteiger partial charge >= 0.3 is 0 Å². The molecule has 1 aliphatic heterocycles. The van der Waals surface area contributed by atoms with Crippen molar-refractivity contribution < 1.29 is 9.59 Å². The molecule has 7 heteroatoms. The summed E-state index contributed by atoms with van der Waals surface area (Å²) in [7, 11) is 1.77. The van der Waals surface area contributed by atoms with Crippen molar-refractivity contribution in [1.29, 1.82) is 0 Å². The molecule has 0 aliphatic carbocycles. The molecule has 1 aliphatic rings. The first-order valence-corrected chi connectivity index (χ1v) is 8.66. The third-order valence-electron chi connectivity index (χ3n) is 4.14. The Morgan fingerprint density at radius 1 is 1.39 bits per heavy atom. The molecule has 1 unspecified atom stereocenters. The average Bonchev–Trinajstić information content (AvgIpc) is 3.24. The molecule has 2 aromatic rings. The van der Waals surface area contributed by atoms with Crippen LogP contribution in [-0.4, -0.2) is 37.9 Å². The van der Waals surface area contributed by atoms with Crippen molar-refractivity contribution >= 4 is 23.0 Å². The number of Topliss-reactive ketones (excluding diaryl/α,β-unsaturated/α-hetero) is 1. The fraction of sp³-hybridized carbons (Fsp3) is 0.500. The van der Waals surface area contributed by atoms with Crippen LogP contribution >= 0.6 is 11.3 Å². The molecule has 1 fully saturated rings. The SMILES string of the molecule is Cc1nc(C2CCCN2C(=O)CCC(=O)c2cnn(C)c2)cs1. The summed E-state index contributed by atoms with van der Waals surface area (Å²) in [6, 6.07) is 0.0703. The fourth-order valence-corrected chi connectivity index (χ4v) is 3.64. The predicted molar refractivity (Wildman–Crippen MR) is 87.3 cm³/mol. The molecule has 122 valence electrons. The molecule has 23 heavy (non-hydrogen) atoms. The van der Waals surface area contributed by atoms with Crippen molar-refractivity contribution in [2.75, 3.05) is 6.54 Å². The summed E-state index contributed by atoms with van der Waals surface area (Å²) >= 11 is 1.61. The van der Waals surface area contributed by atoms with Crippen molar-refractivity contribution in [3.63, 3.8) is 0 Å². The van der Waals surface area contributed by atoms with Gasteiger partial charge in [-0.3, -0.25) is 14.3 Å². The van der Waals surface area contributed by atoms with Crippen LogP contribution in [0.5, 0.6) is 0 Å². The van der Waals surface area contributed by atoms with E-state index in [1.54, 1.807) is 35.5 Å². The van der Waals surface area contributed by atoms with Crippen LogP contribution in [0.15, 0.2) is 17.8 Å². The Labute approximate surface area is 139 Å². The zero-order valence-electron chi connectivity index (χ0n) is 13.4. The molecule has 2 aromatic heterocycles. The summed E-state index contributed by atoms with van der Waals surface area (Å²) in [5.41, 5.74) is 1.55. The molecule has 0 spiro atoms. The first-order valence-electron chi connectivity index (χ1n) is 7.78. The van der Waals surface area contributed by atoms with E-state index in [4.69, 9.17) is 0 Å². The molecule has 3 rings (SSSR count). The van der Waals surface area contributed by atoms with E-state index < -0.39 is 0 Å². The van der Waals surface area contributed by atoms with Gasteiger partial charge < -0.3 is 4.90 Å². The molecule has 6 nitrogen and oxygen atoms in total. The van der Waals surface area contributed by atoms with E-state index in [2.05, 4.69) is 10.1 Å². The number of hydrogen-bond donors (Lipinski definition) is 0. The minimum atomic E-state index is -0.0355. The lowest BCUT2D eigenvalue weighted by Gasteiger charge is -2.23.